The van der Waals surface area contributed by atoms with E-state index in [1.807, 2.05) is 17.0 Å². The third-order valence-electron chi connectivity index (χ3n) is 5.00. The van der Waals surface area contributed by atoms with Gasteiger partial charge in [0.15, 0.2) is 0 Å². The van der Waals surface area contributed by atoms with Gasteiger partial charge in [-0.2, -0.15) is 0 Å². The maximum Gasteiger partial charge on any atom is 0.309 e. The molecule has 0 saturated carbocycles. The molecule has 5 heteroatoms. The van der Waals surface area contributed by atoms with Crippen LogP contribution in [0.2, 0.25) is 0 Å². The molecule has 1 saturated heterocycles. The van der Waals surface area contributed by atoms with Crippen molar-refractivity contribution in [1.29, 1.82) is 0 Å². The fraction of sp³-hybridized carbons (Fsp3) is 0.273. The number of rotatable bonds is 4. The number of piperazine rings is 1. The predicted octanol–water partition coefficient (Wildman–Crippen LogP) is 3.53. The molecular formula is C22H23N3O2. The smallest absolute Gasteiger partial charge is 0.309 e. The summed E-state index contributed by atoms with van der Waals surface area (Å²) in [4.78, 5) is 20.9. The van der Waals surface area contributed by atoms with Crippen molar-refractivity contribution in [2.75, 3.05) is 26.2 Å². The molecular weight excluding hydrogens is 338 g/mol. The average molecular weight is 361 g/mol. The summed E-state index contributed by atoms with van der Waals surface area (Å²) < 4.78 is 5.40. The van der Waals surface area contributed by atoms with E-state index in [0.717, 1.165) is 13.1 Å². The Morgan fingerprint density at radius 3 is 1.96 bits per heavy atom. The summed E-state index contributed by atoms with van der Waals surface area (Å²) in [6.07, 6.45) is 1.59. The lowest BCUT2D eigenvalue weighted by molar-refractivity contribution is 0.0559. The number of carbonyl (C=O) groups excluding carboxylic acids is 1. The highest BCUT2D eigenvalue weighted by atomic mass is 16.4. The zero-order valence-electron chi connectivity index (χ0n) is 15.4. The Balaban J connectivity index is 1.51. The molecule has 1 aliphatic heterocycles. The molecule has 0 unspecified atom stereocenters. The van der Waals surface area contributed by atoms with Gasteiger partial charge in [0, 0.05) is 26.2 Å². The molecule has 0 aliphatic carbocycles. The molecule has 0 bridgehead atoms. The van der Waals surface area contributed by atoms with Crippen LogP contribution < -0.4 is 0 Å². The lowest BCUT2D eigenvalue weighted by Crippen LogP contribution is -2.50. The second-order valence-corrected chi connectivity index (χ2v) is 6.83. The first kappa shape index (κ1) is 17.5. The van der Waals surface area contributed by atoms with E-state index < -0.39 is 0 Å². The van der Waals surface area contributed by atoms with Crippen molar-refractivity contribution in [2.24, 2.45) is 0 Å². The van der Waals surface area contributed by atoms with E-state index in [9.17, 15) is 4.79 Å². The van der Waals surface area contributed by atoms with Crippen LogP contribution in [0.4, 0.5) is 0 Å². The van der Waals surface area contributed by atoms with E-state index in [1.165, 1.54) is 11.1 Å². The minimum atomic E-state index is -0.126. The van der Waals surface area contributed by atoms with Gasteiger partial charge in [-0.3, -0.25) is 9.69 Å². The summed E-state index contributed by atoms with van der Waals surface area (Å²) in [6.45, 7) is 4.73. The van der Waals surface area contributed by atoms with Gasteiger partial charge >= 0.3 is 5.91 Å². The Morgan fingerprint density at radius 2 is 1.48 bits per heavy atom. The molecule has 0 radical (unpaired) electrons. The Labute approximate surface area is 159 Å². The van der Waals surface area contributed by atoms with E-state index in [1.54, 1.807) is 13.1 Å². The minimum Gasteiger partial charge on any atom is -0.438 e. The number of oxazole rings is 1. The molecule has 0 spiro atoms. The molecule has 5 nitrogen and oxygen atoms in total. The normalized spacial score (nSPS) is 15.3. The van der Waals surface area contributed by atoms with Crippen molar-refractivity contribution >= 4 is 5.91 Å². The average Bonchev–Trinajstić information content (AvgIpc) is 3.16. The Hall–Kier alpha value is -2.92. The van der Waals surface area contributed by atoms with E-state index in [-0.39, 0.29) is 17.8 Å². The highest BCUT2D eigenvalue weighted by Crippen LogP contribution is 2.29. The monoisotopic (exact) mass is 361 g/mol. The van der Waals surface area contributed by atoms with Gasteiger partial charge in [0.25, 0.3) is 5.89 Å². The Kier molecular flexibility index (Phi) is 5.03. The van der Waals surface area contributed by atoms with E-state index in [2.05, 4.69) is 58.4 Å². The second kappa shape index (κ2) is 7.76. The molecule has 138 valence electrons. The van der Waals surface area contributed by atoms with Gasteiger partial charge < -0.3 is 9.32 Å². The van der Waals surface area contributed by atoms with Crippen molar-refractivity contribution in [2.45, 2.75) is 13.0 Å². The van der Waals surface area contributed by atoms with E-state index in [0.29, 0.717) is 18.8 Å². The number of nitrogens with zero attached hydrogens (tertiary/aromatic N) is 3. The molecule has 1 fully saturated rings. The molecule has 0 N–H and O–H groups in total. The van der Waals surface area contributed by atoms with Crippen molar-refractivity contribution in [1.82, 2.24) is 14.8 Å². The van der Waals surface area contributed by atoms with Gasteiger partial charge in [0.1, 0.15) is 5.76 Å². The van der Waals surface area contributed by atoms with Crippen molar-refractivity contribution in [3.05, 3.63) is 89.6 Å². The zero-order valence-corrected chi connectivity index (χ0v) is 15.4. The fourth-order valence-corrected chi connectivity index (χ4v) is 3.66. The zero-order chi connectivity index (χ0) is 18.6. The van der Waals surface area contributed by atoms with Crippen LogP contribution in [0.15, 0.2) is 71.3 Å². The standard InChI is InChI=1S/C22H23N3O2/c1-17-16-23-21(27-17)22(26)25-14-12-24(13-15-25)20(18-8-4-2-5-9-18)19-10-6-3-7-11-19/h2-11,16,20H,12-15H2,1H3. The van der Waals surface area contributed by atoms with E-state index in [4.69, 9.17) is 4.42 Å². The van der Waals surface area contributed by atoms with Crippen LogP contribution >= 0.6 is 0 Å². The van der Waals surface area contributed by atoms with Gasteiger partial charge in [-0.25, -0.2) is 4.98 Å². The lowest BCUT2D eigenvalue weighted by atomic mass is 9.96. The van der Waals surface area contributed by atoms with Gasteiger partial charge in [-0.15, -0.1) is 0 Å². The largest absolute Gasteiger partial charge is 0.438 e. The maximum absolute atomic E-state index is 12.6. The second-order valence-electron chi connectivity index (χ2n) is 6.83. The number of hydrogen-bond donors (Lipinski definition) is 0. The van der Waals surface area contributed by atoms with Crippen LogP contribution in [0.25, 0.3) is 0 Å². The fourth-order valence-electron chi connectivity index (χ4n) is 3.66. The molecule has 1 aromatic heterocycles. The van der Waals surface area contributed by atoms with Gasteiger partial charge in [-0.1, -0.05) is 60.7 Å². The third-order valence-corrected chi connectivity index (χ3v) is 5.00. The molecule has 27 heavy (non-hydrogen) atoms. The Bertz CT molecular complexity index is 845. The summed E-state index contributed by atoms with van der Waals surface area (Å²) in [5.74, 6) is 0.715. The molecule has 3 aromatic rings. The molecule has 1 aliphatic rings. The van der Waals surface area contributed by atoms with Gasteiger partial charge in [0.05, 0.1) is 12.2 Å². The number of amides is 1. The number of aromatic nitrogens is 1. The lowest BCUT2D eigenvalue weighted by Gasteiger charge is -2.39. The summed E-state index contributed by atoms with van der Waals surface area (Å²) in [5.41, 5.74) is 2.54. The molecule has 1 amide bonds. The van der Waals surface area contributed by atoms with Crippen molar-refractivity contribution in [3.63, 3.8) is 0 Å². The Morgan fingerprint density at radius 1 is 0.926 bits per heavy atom. The minimum absolute atomic E-state index is 0.126. The summed E-state index contributed by atoms with van der Waals surface area (Å²) >= 11 is 0. The number of aryl methyl sites for hydroxylation is 1. The van der Waals surface area contributed by atoms with Crippen LogP contribution in [0, 0.1) is 6.92 Å². The summed E-state index contributed by atoms with van der Waals surface area (Å²) in [5, 5.41) is 0. The van der Waals surface area contributed by atoms with Crippen LogP contribution in [0.5, 0.6) is 0 Å². The van der Waals surface area contributed by atoms with Crippen LogP contribution in [-0.2, 0) is 0 Å². The van der Waals surface area contributed by atoms with Crippen LogP contribution in [0.3, 0.4) is 0 Å². The van der Waals surface area contributed by atoms with E-state index >= 15 is 0 Å². The van der Waals surface area contributed by atoms with Crippen LogP contribution in [0.1, 0.15) is 33.6 Å². The molecule has 2 aromatic carbocycles. The first-order valence-corrected chi connectivity index (χ1v) is 9.28. The quantitative estimate of drug-likeness (QED) is 0.713. The summed E-state index contributed by atoms with van der Waals surface area (Å²) in [7, 11) is 0. The molecule has 0 atom stereocenters. The maximum atomic E-state index is 12.6. The number of benzene rings is 2. The molecule has 4 rings (SSSR count). The number of hydrogen-bond acceptors (Lipinski definition) is 4. The van der Waals surface area contributed by atoms with Crippen molar-refractivity contribution in [3.8, 4) is 0 Å². The SMILES string of the molecule is Cc1cnc(C(=O)N2CCN(C(c3ccccc3)c3ccccc3)CC2)o1. The number of carbonyl (C=O) groups is 1. The van der Waals surface area contributed by atoms with Crippen molar-refractivity contribution < 1.29 is 9.21 Å². The predicted molar refractivity (Wildman–Crippen MR) is 103 cm³/mol. The van der Waals surface area contributed by atoms with Crippen LogP contribution in [-0.4, -0.2) is 46.9 Å². The van der Waals surface area contributed by atoms with Gasteiger partial charge in [-0.05, 0) is 18.1 Å². The third kappa shape index (κ3) is 3.78. The highest BCUT2D eigenvalue weighted by Gasteiger charge is 2.29. The first-order chi connectivity index (χ1) is 13.2. The highest BCUT2D eigenvalue weighted by molar-refractivity contribution is 5.89. The topological polar surface area (TPSA) is 49.6 Å². The summed E-state index contributed by atoms with van der Waals surface area (Å²) in [6, 6.07) is 21.3. The van der Waals surface area contributed by atoms with Gasteiger partial charge in [0.2, 0.25) is 0 Å². The molecule has 2 heterocycles. The first-order valence-electron chi connectivity index (χ1n) is 9.28.